The van der Waals surface area contributed by atoms with Crippen LogP contribution in [0, 0.1) is 0 Å². The van der Waals surface area contributed by atoms with Gasteiger partial charge in [0.15, 0.2) is 5.78 Å². The SMILES string of the molecule is COc1ccc(C(=O)C2=CN(c3ccc(Cl)nc3)[C@H](O)C[C@H]2c2ccccc2)cc1. The molecule has 1 aliphatic rings. The molecule has 0 bridgehead atoms. The highest BCUT2D eigenvalue weighted by Gasteiger charge is 2.33. The number of aliphatic hydroxyl groups excluding tert-OH is 1. The molecule has 4 rings (SSSR count). The third-order valence-corrected chi connectivity index (χ3v) is 5.47. The van der Waals surface area contributed by atoms with Crippen LogP contribution in [0.3, 0.4) is 0 Å². The van der Waals surface area contributed by atoms with Gasteiger partial charge in [-0.05, 0) is 42.0 Å². The highest BCUT2D eigenvalue weighted by molar-refractivity contribution is 6.29. The number of aliphatic hydroxyl groups is 1. The quantitative estimate of drug-likeness (QED) is 0.473. The molecular formula is C24H21ClN2O3. The van der Waals surface area contributed by atoms with Gasteiger partial charge in [-0.3, -0.25) is 4.79 Å². The van der Waals surface area contributed by atoms with Crippen molar-refractivity contribution in [2.45, 2.75) is 18.6 Å². The average molecular weight is 421 g/mol. The summed E-state index contributed by atoms with van der Waals surface area (Å²) in [6.45, 7) is 0. The van der Waals surface area contributed by atoms with Crippen molar-refractivity contribution in [3.05, 3.63) is 101 Å². The number of Topliss-reactive ketones (excluding diaryl/α,β-unsaturated/α-hetero) is 1. The van der Waals surface area contributed by atoms with E-state index in [9.17, 15) is 9.90 Å². The molecule has 6 heteroatoms. The van der Waals surface area contributed by atoms with E-state index in [0.717, 1.165) is 5.56 Å². The zero-order valence-electron chi connectivity index (χ0n) is 16.4. The average Bonchev–Trinajstić information content (AvgIpc) is 2.80. The minimum atomic E-state index is -0.800. The number of hydrogen-bond acceptors (Lipinski definition) is 5. The number of methoxy groups -OCH3 is 1. The van der Waals surface area contributed by atoms with Gasteiger partial charge in [0, 0.05) is 29.7 Å². The van der Waals surface area contributed by atoms with Crippen LogP contribution in [0.4, 0.5) is 5.69 Å². The third-order valence-electron chi connectivity index (χ3n) is 5.25. The van der Waals surface area contributed by atoms with Gasteiger partial charge < -0.3 is 14.7 Å². The van der Waals surface area contributed by atoms with E-state index in [2.05, 4.69) is 4.98 Å². The number of halogens is 1. The minimum absolute atomic E-state index is 0.0923. The van der Waals surface area contributed by atoms with Gasteiger partial charge >= 0.3 is 0 Å². The second kappa shape index (κ2) is 8.69. The lowest BCUT2D eigenvalue weighted by Crippen LogP contribution is -2.38. The Morgan fingerprint density at radius 3 is 2.47 bits per heavy atom. The Kier molecular flexibility index (Phi) is 5.84. The van der Waals surface area contributed by atoms with Crippen LogP contribution in [0.15, 0.2) is 84.7 Å². The third kappa shape index (κ3) is 4.08. The standard InChI is InChI=1S/C24H21ClN2O3/c1-30-19-10-7-17(8-11-19)24(29)21-15-27(18-9-12-22(25)26-14-18)23(28)13-20(21)16-5-3-2-4-6-16/h2-12,14-15,20,23,28H,13H2,1H3/t20-,23+/m0/s1. The molecule has 0 saturated heterocycles. The first kappa shape index (κ1) is 20.1. The van der Waals surface area contributed by atoms with Gasteiger partial charge in [0.2, 0.25) is 0 Å². The lowest BCUT2D eigenvalue weighted by Gasteiger charge is -2.36. The number of hydrogen-bond donors (Lipinski definition) is 1. The zero-order chi connectivity index (χ0) is 21.1. The Hall–Kier alpha value is -3.15. The highest BCUT2D eigenvalue weighted by atomic mass is 35.5. The van der Waals surface area contributed by atoms with Crippen molar-refractivity contribution in [1.82, 2.24) is 4.98 Å². The van der Waals surface area contributed by atoms with Crippen LogP contribution in [0.5, 0.6) is 5.75 Å². The van der Waals surface area contributed by atoms with Gasteiger partial charge in [0.1, 0.15) is 17.1 Å². The van der Waals surface area contributed by atoms with E-state index in [4.69, 9.17) is 16.3 Å². The molecule has 0 saturated carbocycles. The topological polar surface area (TPSA) is 62.7 Å². The number of allylic oxidation sites excluding steroid dienone is 1. The summed E-state index contributed by atoms with van der Waals surface area (Å²) in [5.74, 6) is 0.366. The predicted octanol–water partition coefficient (Wildman–Crippen LogP) is 4.82. The number of benzene rings is 2. The highest BCUT2D eigenvalue weighted by Crippen LogP contribution is 2.38. The van der Waals surface area contributed by atoms with Crippen LogP contribution in [0.1, 0.15) is 28.3 Å². The Balaban J connectivity index is 1.77. The molecule has 0 amide bonds. The maximum Gasteiger partial charge on any atom is 0.191 e. The Morgan fingerprint density at radius 2 is 1.83 bits per heavy atom. The van der Waals surface area contributed by atoms with Gasteiger partial charge in [-0.15, -0.1) is 0 Å². The number of pyridine rings is 1. The fourth-order valence-corrected chi connectivity index (χ4v) is 3.78. The smallest absolute Gasteiger partial charge is 0.191 e. The molecule has 2 heterocycles. The van der Waals surface area contributed by atoms with Crippen molar-refractivity contribution in [2.24, 2.45) is 0 Å². The molecule has 0 fully saturated rings. The fourth-order valence-electron chi connectivity index (χ4n) is 3.67. The van der Waals surface area contributed by atoms with E-state index in [1.807, 2.05) is 30.3 Å². The molecule has 0 radical (unpaired) electrons. The summed E-state index contributed by atoms with van der Waals surface area (Å²) < 4.78 is 5.20. The second-order valence-corrected chi connectivity index (χ2v) is 7.46. The summed E-state index contributed by atoms with van der Waals surface area (Å²) in [7, 11) is 1.59. The number of rotatable bonds is 5. The summed E-state index contributed by atoms with van der Waals surface area (Å²) in [5.41, 5.74) is 2.82. The van der Waals surface area contributed by atoms with Crippen LogP contribution in [0.25, 0.3) is 0 Å². The first-order valence-corrected chi connectivity index (χ1v) is 9.98. The maximum atomic E-state index is 13.5. The monoisotopic (exact) mass is 420 g/mol. The normalized spacial score (nSPS) is 18.6. The van der Waals surface area contributed by atoms with Crippen molar-refractivity contribution >= 4 is 23.1 Å². The van der Waals surface area contributed by atoms with Gasteiger partial charge in [0.05, 0.1) is 19.0 Å². The lowest BCUT2D eigenvalue weighted by atomic mass is 9.82. The number of ketones is 1. The molecular weight excluding hydrogens is 400 g/mol. The van der Waals surface area contributed by atoms with Crippen LogP contribution >= 0.6 is 11.6 Å². The molecule has 5 nitrogen and oxygen atoms in total. The van der Waals surface area contributed by atoms with Crippen molar-refractivity contribution < 1.29 is 14.6 Å². The Bertz CT molecular complexity index is 1050. The summed E-state index contributed by atoms with van der Waals surface area (Å²) in [6.07, 6.45) is 2.88. The van der Waals surface area contributed by atoms with Gasteiger partial charge in [0.25, 0.3) is 0 Å². The van der Waals surface area contributed by atoms with E-state index in [1.165, 1.54) is 0 Å². The number of carbonyl (C=O) groups is 1. The molecule has 0 aliphatic carbocycles. The van der Waals surface area contributed by atoms with Crippen molar-refractivity contribution in [3.8, 4) is 5.75 Å². The number of anilines is 1. The Labute approximate surface area is 180 Å². The first-order chi connectivity index (χ1) is 14.6. The number of ether oxygens (including phenoxy) is 1. The largest absolute Gasteiger partial charge is 0.497 e. The van der Waals surface area contributed by atoms with Crippen LogP contribution in [-0.4, -0.2) is 29.2 Å². The summed E-state index contributed by atoms with van der Waals surface area (Å²) >= 11 is 5.90. The zero-order valence-corrected chi connectivity index (χ0v) is 17.2. The number of nitrogens with zero attached hydrogens (tertiary/aromatic N) is 2. The fraction of sp³-hybridized carbons (Fsp3) is 0.167. The molecule has 1 aliphatic heterocycles. The molecule has 2 atom stereocenters. The van der Waals surface area contributed by atoms with E-state index in [-0.39, 0.29) is 11.7 Å². The molecule has 0 spiro atoms. The molecule has 152 valence electrons. The lowest BCUT2D eigenvalue weighted by molar-refractivity contribution is 0.101. The Morgan fingerprint density at radius 1 is 1.10 bits per heavy atom. The molecule has 2 aromatic carbocycles. The van der Waals surface area contributed by atoms with Gasteiger partial charge in [-0.1, -0.05) is 41.9 Å². The van der Waals surface area contributed by atoms with E-state index in [1.54, 1.807) is 60.8 Å². The number of aromatic nitrogens is 1. The summed E-state index contributed by atoms with van der Waals surface area (Å²) in [5, 5.41) is 11.2. The minimum Gasteiger partial charge on any atom is -0.497 e. The van der Waals surface area contributed by atoms with E-state index < -0.39 is 6.23 Å². The molecule has 30 heavy (non-hydrogen) atoms. The van der Waals surface area contributed by atoms with Crippen molar-refractivity contribution in [3.63, 3.8) is 0 Å². The second-order valence-electron chi connectivity index (χ2n) is 7.07. The van der Waals surface area contributed by atoms with Crippen LogP contribution in [-0.2, 0) is 0 Å². The molecule has 1 aromatic heterocycles. The van der Waals surface area contributed by atoms with E-state index >= 15 is 0 Å². The number of carbonyl (C=O) groups excluding carboxylic acids is 1. The predicted molar refractivity (Wildman–Crippen MR) is 117 cm³/mol. The van der Waals surface area contributed by atoms with Crippen molar-refractivity contribution in [2.75, 3.05) is 12.0 Å². The maximum absolute atomic E-state index is 13.5. The van der Waals surface area contributed by atoms with Crippen LogP contribution < -0.4 is 9.64 Å². The first-order valence-electron chi connectivity index (χ1n) is 9.60. The van der Waals surface area contributed by atoms with Gasteiger partial charge in [-0.25, -0.2) is 4.98 Å². The molecule has 1 N–H and O–H groups in total. The van der Waals surface area contributed by atoms with Gasteiger partial charge in [-0.2, -0.15) is 0 Å². The molecule has 3 aromatic rings. The summed E-state index contributed by atoms with van der Waals surface area (Å²) in [6, 6.07) is 20.2. The molecule has 0 unspecified atom stereocenters. The van der Waals surface area contributed by atoms with Crippen LogP contribution in [0.2, 0.25) is 5.15 Å². The van der Waals surface area contributed by atoms with Crippen molar-refractivity contribution in [1.29, 1.82) is 0 Å². The van der Waals surface area contributed by atoms with E-state index in [0.29, 0.717) is 34.1 Å². The summed E-state index contributed by atoms with van der Waals surface area (Å²) in [4.78, 5) is 19.2.